The molecule has 1 N–H and O–H groups in total. The Kier molecular flexibility index (Phi) is 8.87. The minimum absolute atomic E-state index is 0.0385. The molecule has 1 saturated heterocycles. The number of ether oxygens (including phenoxy) is 1. The SMILES string of the molecule is CCc1ccc(CCOc2ccc(CC(CC(=O)N3CC(C)CC(C)C3)C(=O)O)cc2)nc1. The number of rotatable bonds is 10. The first-order chi connectivity index (χ1) is 15.8. The van der Waals surface area contributed by atoms with Crippen molar-refractivity contribution in [2.45, 2.75) is 52.9 Å². The van der Waals surface area contributed by atoms with E-state index in [1.807, 2.05) is 41.4 Å². The van der Waals surface area contributed by atoms with Crippen LogP contribution in [0.4, 0.5) is 0 Å². The summed E-state index contributed by atoms with van der Waals surface area (Å²) in [5, 5.41) is 9.70. The van der Waals surface area contributed by atoms with E-state index in [1.165, 1.54) is 5.56 Å². The van der Waals surface area contributed by atoms with E-state index < -0.39 is 11.9 Å². The molecule has 3 unspecified atom stereocenters. The first-order valence-electron chi connectivity index (χ1n) is 12.0. The topological polar surface area (TPSA) is 79.7 Å². The lowest BCUT2D eigenvalue weighted by Gasteiger charge is -2.35. The fourth-order valence-electron chi connectivity index (χ4n) is 4.55. The van der Waals surface area contributed by atoms with Gasteiger partial charge in [-0.25, -0.2) is 0 Å². The minimum Gasteiger partial charge on any atom is -0.493 e. The van der Waals surface area contributed by atoms with Crippen LogP contribution in [0.15, 0.2) is 42.6 Å². The van der Waals surface area contributed by atoms with Crippen molar-refractivity contribution < 1.29 is 19.4 Å². The number of piperidine rings is 1. The fourth-order valence-corrected chi connectivity index (χ4v) is 4.55. The van der Waals surface area contributed by atoms with Crippen molar-refractivity contribution in [2.75, 3.05) is 19.7 Å². The van der Waals surface area contributed by atoms with Gasteiger partial charge in [0.2, 0.25) is 5.91 Å². The van der Waals surface area contributed by atoms with Crippen LogP contribution in [0.5, 0.6) is 5.75 Å². The highest BCUT2D eigenvalue weighted by Gasteiger charge is 2.29. The molecule has 0 bridgehead atoms. The Labute approximate surface area is 197 Å². The minimum atomic E-state index is -0.927. The summed E-state index contributed by atoms with van der Waals surface area (Å²) in [6.07, 6.45) is 5.08. The third-order valence-electron chi connectivity index (χ3n) is 6.32. The average molecular weight is 453 g/mol. The van der Waals surface area contributed by atoms with Gasteiger partial charge >= 0.3 is 5.97 Å². The van der Waals surface area contributed by atoms with Gasteiger partial charge in [-0.2, -0.15) is 0 Å². The number of carbonyl (C=O) groups excluding carboxylic acids is 1. The van der Waals surface area contributed by atoms with E-state index in [1.54, 1.807) is 0 Å². The van der Waals surface area contributed by atoms with Crippen LogP contribution >= 0.6 is 0 Å². The summed E-state index contributed by atoms with van der Waals surface area (Å²) in [4.78, 5) is 30.9. The van der Waals surface area contributed by atoms with Crippen molar-refractivity contribution in [3.8, 4) is 5.75 Å². The van der Waals surface area contributed by atoms with Gasteiger partial charge in [-0.3, -0.25) is 14.6 Å². The number of benzene rings is 1. The van der Waals surface area contributed by atoms with E-state index in [9.17, 15) is 14.7 Å². The quantitative estimate of drug-likeness (QED) is 0.578. The molecule has 3 atom stereocenters. The van der Waals surface area contributed by atoms with Crippen molar-refractivity contribution >= 4 is 11.9 Å². The summed E-state index contributed by atoms with van der Waals surface area (Å²) < 4.78 is 5.82. The lowest BCUT2D eigenvalue weighted by Crippen LogP contribution is -2.43. The van der Waals surface area contributed by atoms with Crippen LogP contribution in [0.25, 0.3) is 0 Å². The zero-order chi connectivity index (χ0) is 23.8. The van der Waals surface area contributed by atoms with Crippen LogP contribution in [0.3, 0.4) is 0 Å². The molecule has 6 nitrogen and oxygen atoms in total. The van der Waals surface area contributed by atoms with Gasteiger partial charge in [0.1, 0.15) is 5.75 Å². The number of hydrogen-bond acceptors (Lipinski definition) is 4. The van der Waals surface area contributed by atoms with Crippen LogP contribution in [0.1, 0.15) is 50.4 Å². The van der Waals surface area contributed by atoms with E-state index in [0.717, 1.165) is 49.4 Å². The van der Waals surface area contributed by atoms with Crippen LogP contribution in [0, 0.1) is 17.8 Å². The molecule has 6 heteroatoms. The zero-order valence-corrected chi connectivity index (χ0v) is 20.0. The summed E-state index contributed by atoms with van der Waals surface area (Å²) in [5.74, 6) is -0.0538. The molecule has 0 aliphatic carbocycles. The summed E-state index contributed by atoms with van der Waals surface area (Å²) in [6.45, 7) is 8.37. The normalized spacial score (nSPS) is 19.2. The predicted octanol–water partition coefficient (Wildman–Crippen LogP) is 4.40. The molecule has 1 amide bonds. The highest BCUT2D eigenvalue weighted by Crippen LogP contribution is 2.24. The number of likely N-dealkylation sites (tertiary alicyclic amines) is 1. The maximum atomic E-state index is 12.8. The number of hydrogen-bond donors (Lipinski definition) is 1. The molecule has 2 aromatic rings. The number of amides is 1. The second-order valence-corrected chi connectivity index (χ2v) is 9.44. The second-order valence-electron chi connectivity index (χ2n) is 9.44. The highest BCUT2D eigenvalue weighted by atomic mass is 16.5. The third kappa shape index (κ3) is 7.58. The molecule has 0 saturated carbocycles. The number of aryl methyl sites for hydroxylation is 1. The number of nitrogens with zero attached hydrogens (tertiary/aromatic N) is 2. The van der Waals surface area contributed by atoms with Crippen molar-refractivity contribution in [1.29, 1.82) is 0 Å². The average Bonchev–Trinajstić information content (AvgIpc) is 2.79. The Bertz CT molecular complexity index is 901. The standard InChI is InChI=1S/C27H36N2O4/c1-4-21-5-8-24(28-16-21)11-12-33-25-9-6-22(7-10-25)14-23(27(31)32)15-26(30)29-17-19(2)13-20(3)18-29/h5-10,16,19-20,23H,4,11-15,17-18H2,1-3H3,(H,31,32). The summed E-state index contributed by atoms with van der Waals surface area (Å²) in [7, 11) is 0. The number of carbonyl (C=O) groups is 2. The molecule has 1 aromatic heterocycles. The lowest BCUT2D eigenvalue weighted by atomic mass is 9.90. The summed E-state index contributed by atoms with van der Waals surface area (Å²) in [6, 6.07) is 11.6. The Morgan fingerprint density at radius 3 is 2.33 bits per heavy atom. The summed E-state index contributed by atoms with van der Waals surface area (Å²) >= 11 is 0. The number of aliphatic carboxylic acids is 1. The first-order valence-corrected chi connectivity index (χ1v) is 12.0. The van der Waals surface area contributed by atoms with Gasteiger partial charge in [0.25, 0.3) is 0 Å². The molecular formula is C27H36N2O4. The van der Waals surface area contributed by atoms with Crippen LogP contribution in [-0.2, 0) is 28.9 Å². The van der Waals surface area contributed by atoms with Gasteiger partial charge in [-0.15, -0.1) is 0 Å². The van der Waals surface area contributed by atoms with Gasteiger partial charge in [0, 0.05) is 37.8 Å². The molecule has 178 valence electrons. The van der Waals surface area contributed by atoms with Crippen molar-refractivity contribution in [1.82, 2.24) is 9.88 Å². The van der Waals surface area contributed by atoms with Crippen molar-refractivity contribution in [3.05, 3.63) is 59.4 Å². The van der Waals surface area contributed by atoms with Gasteiger partial charge in [0.15, 0.2) is 0 Å². The molecule has 1 aliphatic heterocycles. The maximum Gasteiger partial charge on any atom is 0.307 e. The Balaban J connectivity index is 1.49. The monoisotopic (exact) mass is 452 g/mol. The first kappa shape index (κ1) is 24.7. The molecule has 33 heavy (non-hydrogen) atoms. The third-order valence-corrected chi connectivity index (χ3v) is 6.32. The van der Waals surface area contributed by atoms with E-state index in [0.29, 0.717) is 24.9 Å². The molecule has 0 spiro atoms. The van der Waals surface area contributed by atoms with Gasteiger partial charge in [0.05, 0.1) is 12.5 Å². The lowest BCUT2D eigenvalue weighted by molar-refractivity contribution is -0.146. The van der Waals surface area contributed by atoms with Gasteiger partial charge in [-0.1, -0.05) is 39.0 Å². The largest absolute Gasteiger partial charge is 0.493 e. The predicted molar refractivity (Wildman–Crippen MR) is 128 cm³/mol. The highest BCUT2D eigenvalue weighted by molar-refractivity contribution is 5.82. The van der Waals surface area contributed by atoms with Crippen LogP contribution in [0.2, 0.25) is 0 Å². The van der Waals surface area contributed by atoms with Crippen molar-refractivity contribution in [2.24, 2.45) is 17.8 Å². The number of aromatic nitrogens is 1. The molecule has 3 rings (SSSR count). The number of pyridine rings is 1. The molecule has 0 radical (unpaired) electrons. The Morgan fingerprint density at radius 1 is 1.09 bits per heavy atom. The van der Waals surface area contributed by atoms with E-state index in [-0.39, 0.29) is 12.3 Å². The van der Waals surface area contributed by atoms with Crippen LogP contribution in [-0.4, -0.2) is 46.6 Å². The molecule has 1 fully saturated rings. The summed E-state index contributed by atoms with van der Waals surface area (Å²) in [5.41, 5.74) is 3.10. The molecular weight excluding hydrogens is 416 g/mol. The molecule has 1 aromatic carbocycles. The number of carboxylic acid groups (broad SMARTS) is 1. The Morgan fingerprint density at radius 2 is 1.76 bits per heavy atom. The van der Waals surface area contributed by atoms with Crippen molar-refractivity contribution in [3.63, 3.8) is 0 Å². The van der Waals surface area contributed by atoms with E-state index >= 15 is 0 Å². The maximum absolute atomic E-state index is 12.8. The smallest absolute Gasteiger partial charge is 0.307 e. The van der Waals surface area contributed by atoms with Gasteiger partial charge < -0.3 is 14.7 Å². The van der Waals surface area contributed by atoms with E-state index in [2.05, 4.69) is 31.8 Å². The second kappa shape index (κ2) is 11.8. The zero-order valence-electron chi connectivity index (χ0n) is 20.0. The molecule has 1 aliphatic rings. The fraction of sp³-hybridized carbons (Fsp3) is 0.519. The van der Waals surface area contributed by atoms with E-state index in [4.69, 9.17) is 4.74 Å². The van der Waals surface area contributed by atoms with Gasteiger partial charge in [-0.05, 0) is 60.4 Å². The van der Waals surface area contributed by atoms with Crippen LogP contribution < -0.4 is 4.74 Å². The molecule has 2 heterocycles. The number of carboxylic acids is 1. The Hall–Kier alpha value is -2.89.